The summed E-state index contributed by atoms with van der Waals surface area (Å²) >= 11 is 0. The first kappa shape index (κ1) is 18.7. The van der Waals surface area contributed by atoms with Crippen LogP contribution in [0.3, 0.4) is 0 Å². The Bertz CT molecular complexity index is 902. The number of rotatable bonds is 5. The van der Waals surface area contributed by atoms with Crippen molar-refractivity contribution in [3.8, 4) is 5.75 Å². The molecule has 1 atom stereocenters. The Balaban J connectivity index is 2.19. The lowest BCUT2D eigenvalue weighted by molar-refractivity contribution is -0.139. The quantitative estimate of drug-likeness (QED) is 0.497. The molecule has 1 amide bonds. The van der Waals surface area contributed by atoms with Crippen LogP contribution in [0.25, 0.3) is 5.76 Å². The van der Waals surface area contributed by atoms with Gasteiger partial charge in [0.2, 0.25) is 0 Å². The van der Waals surface area contributed by atoms with E-state index in [0.717, 1.165) is 17.5 Å². The molecule has 1 unspecified atom stereocenters. The van der Waals surface area contributed by atoms with Gasteiger partial charge in [-0.05, 0) is 42.7 Å². The van der Waals surface area contributed by atoms with Gasteiger partial charge >= 0.3 is 0 Å². The number of nitrogens with zero attached hydrogens (tertiary/aromatic N) is 1. The highest BCUT2D eigenvalue weighted by molar-refractivity contribution is 6.46. The van der Waals surface area contributed by atoms with E-state index in [1.165, 1.54) is 0 Å². The number of benzene rings is 2. The van der Waals surface area contributed by atoms with E-state index in [4.69, 9.17) is 4.74 Å². The average molecular weight is 365 g/mol. The number of aliphatic hydroxyl groups is 1. The molecule has 2 aromatic carbocycles. The van der Waals surface area contributed by atoms with Gasteiger partial charge in [-0.15, -0.1) is 0 Å². The van der Waals surface area contributed by atoms with Crippen molar-refractivity contribution in [1.29, 1.82) is 0 Å². The second-order valence-electron chi connectivity index (χ2n) is 6.58. The molecule has 0 spiro atoms. The number of amides is 1. The zero-order valence-corrected chi connectivity index (χ0v) is 15.7. The lowest BCUT2D eigenvalue weighted by atomic mass is 9.94. The zero-order chi connectivity index (χ0) is 19.6. The topological polar surface area (TPSA) is 66.8 Å². The number of likely N-dealkylation sites (tertiary alicyclic amines) is 1. The molecule has 5 nitrogen and oxygen atoms in total. The summed E-state index contributed by atoms with van der Waals surface area (Å²) < 4.78 is 5.21. The van der Waals surface area contributed by atoms with Crippen LogP contribution in [0.4, 0.5) is 0 Å². The van der Waals surface area contributed by atoms with Gasteiger partial charge in [0, 0.05) is 12.1 Å². The van der Waals surface area contributed by atoms with Gasteiger partial charge in [-0.25, -0.2) is 0 Å². The van der Waals surface area contributed by atoms with Crippen LogP contribution < -0.4 is 4.74 Å². The summed E-state index contributed by atoms with van der Waals surface area (Å²) in [5.41, 5.74) is 2.22. The number of carbonyl (C=O) groups is 2. The third kappa shape index (κ3) is 3.33. The lowest BCUT2D eigenvalue weighted by Crippen LogP contribution is -2.30. The molecule has 140 valence electrons. The van der Waals surface area contributed by atoms with Crippen LogP contribution in [0.15, 0.2) is 54.1 Å². The number of carbonyl (C=O) groups excluding carboxylic acids is 2. The van der Waals surface area contributed by atoms with Gasteiger partial charge in [-0.2, -0.15) is 0 Å². The number of aliphatic hydroxyl groups excluding tert-OH is 1. The van der Waals surface area contributed by atoms with E-state index in [0.29, 0.717) is 17.9 Å². The van der Waals surface area contributed by atoms with Crippen LogP contribution in [0.2, 0.25) is 0 Å². The molecule has 0 aromatic heterocycles. The standard InChI is InChI=1S/C22H23NO4/c1-4-12-23-19(15-8-6-5-7-9-15)18(21(25)22(23)26)20(24)17-11-10-16(27-3)13-14(17)2/h5-11,13,19,24H,4,12H2,1-3H3/b20-18-. The highest BCUT2D eigenvalue weighted by atomic mass is 16.5. The molecule has 1 aliphatic heterocycles. The van der Waals surface area contributed by atoms with Crippen LogP contribution in [-0.2, 0) is 9.59 Å². The lowest BCUT2D eigenvalue weighted by Gasteiger charge is -2.25. The van der Waals surface area contributed by atoms with Crippen LogP contribution >= 0.6 is 0 Å². The van der Waals surface area contributed by atoms with Gasteiger partial charge in [0.1, 0.15) is 11.5 Å². The van der Waals surface area contributed by atoms with Crippen molar-refractivity contribution in [3.05, 3.63) is 70.8 Å². The molecule has 2 aromatic rings. The molecule has 1 saturated heterocycles. The Labute approximate surface area is 158 Å². The molecule has 27 heavy (non-hydrogen) atoms. The number of hydrogen-bond donors (Lipinski definition) is 1. The van der Waals surface area contributed by atoms with E-state index in [-0.39, 0.29) is 11.3 Å². The van der Waals surface area contributed by atoms with Crippen molar-refractivity contribution in [3.63, 3.8) is 0 Å². The van der Waals surface area contributed by atoms with E-state index in [9.17, 15) is 14.7 Å². The second kappa shape index (κ2) is 7.66. The van der Waals surface area contributed by atoms with E-state index < -0.39 is 17.7 Å². The molecule has 0 radical (unpaired) electrons. The van der Waals surface area contributed by atoms with Crippen molar-refractivity contribution in [2.75, 3.05) is 13.7 Å². The summed E-state index contributed by atoms with van der Waals surface area (Å²) in [7, 11) is 1.57. The number of aryl methyl sites for hydroxylation is 1. The van der Waals surface area contributed by atoms with Gasteiger partial charge in [-0.3, -0.25) is 9.59 Å². The fourth-order valence-corrected chi connectivity index (χ4v) is 3.51. The van der Waals surface area contributed by atoms with E-state index >= 15 is 0 Å². The van der Waals surface area contributed by atoms with Crippen LogP contribution in [0.1, 0.15) is 36.1 Å². The van der Waals surface area contributed by atoms with E-state index in [2.05, 4.69) is 0 Å². The minimum atomic E-state index is -0.648. The summed E-state index contributed by atoms with van der Waals surface area (Å²) in [4.78, 5) is 27.0. The molecule has 1 aliphatic rings. The number of ether oxygens (including phenoxy) is 1. The average Bonchev–Trinajstić information content (AvgIpc) is 2.93. The molecular weight excluding hydrogens is 342 g/mol. The Hall–Kier alpha value is -3.08. The van der Waals surface area contributed by atoms with Gasteiger partial charge in [0.05, 0.1) is 18.7 Å². The zero-order valence-electron chi connectivity index (χ0n) is 15.7. The predicted molar refractivity (Wildman–Crippen MR) is 103 cm³/mol. The minimum absolute atomic E-state index is 0.132. The Morgan fingerprint density at radius 1 is 1.15 bits per heavy atom. The normalized spacial score (nSPS) is 18.8. The van der Waals surface area contributed by atoms with Crippen LogP contribution in [-0.4, -0.2) is 35.4 Å². The minimum Gasteiger partial charge on any atom is -0.507 e. The van der Waals surface area contributed by atoms with Gasteiger partial charge < -0.3 is 14.7 Å². The predicted octanol–water partition coefficient (Wildman–Crippen LogP) is 3.84. The summed E-state index contributed by atoms with van der Waals surface area (Å²) in [5, 5.41) is 11.0. The van der Waals surface area contributed by atoms with Crippen molar-refractivity contribution < 1.29 is 19.4 Å². The van der Waals surface area contributed by atoms with Gasteiger partial charge in [-0.1, -0.05) is 37.3 Å². The molecule has 1 heterocycles. The molecule has 0 aliphatic carbocycles. The molecule has 3 rings (SSSR count). The van der Waals surface area contributed by atoms with Crippen molar-refractivity contribution in [1.82, 2.24) is 4.90 Å². The smallest absolute Gasteiger partial charge is 0.295 e. The van der Waals surface area contributed by atoms with Gasteiger partial charge in [0.15, 0.2) is 0 Å². The molecule has 5 heteroatoms. The third-order valence-electron chi connectivity index (χ3n) is 4.81. The summed E-state index contributed by atoms with van der Waals surface area (Å²) in [6.07, 6.45) is 0.720. The van der Waals surface area contributed by atoms with Gasteiger partial charge in [0.25, 0.3) is 11.7 Å². The first-order valence-electron chi connectivity index (χ1n) is 8.98. The first-order chi connectivity index (χ1) is 13.0. The third-order valence-corrected chi connectivity index (χ3v) is 4.81. The van der Waals surface area contributed by atoms with E-state index in [1.54, 1.807) is 30.2 Å². The van der Waals surface area contributed by atoms with Crippen molar-refractivity contribution >= 4 is 17.4 Å². The monoisotopic (exact) mass is 365 g/mol. The SMILES string of the molecule is CCCN1C(=O)C(=O)/C(=C(\O)c2ccc(OC)cc2C)C1c1ccccc1. The number of methoxy groups -OCH3 is 1. The highest BCUT2D eigenvalue weighted by Gasteiger charge is 2.45. The summed E-state index contributed by atoms with van der Waals surface area (Å²) in [5.74, 6) is -0.709. The maximum absolute atomic E-state index is 12.8. The number of ketones is 1. The first-order valence-corrected chi connectivity index (χ1v) is 8.98. The summed E-state index contributed by atoms with van der Waals surface area (Å²) in [6.45, 7) is 4.23. The van der Waals surface area contributed by atoms with Crippen molar-refractivity contribution in [2.45, 2.75) is 26.3 Å². The fraction of sp³-hybridized carbons (Fsp3) is 0.273. The van der Waals surface area contributed by atoms with Crippen LogP contribution in [0.5, 0.6) is 5.75 Å². The molecule has 0 saturated carbocycles. The number of Topliss-reactive ketones (excluding diaryl/α,β-unsaturated/α-hetero) is 1. The molecule has 1 N–H and O–H groups in total. The highest BCUT2D eigenvalue weighted by Crippen LogP contribution is 2.40. The largest absolute Gasteiger partial charge is 0.507 e. The number of hydrogen-bond acceptors (Lipinski definition) is 4. The maximum Gasteiger partial charge on any atom is 0.295 e. The summed E-state index contributed by atoms with van der Waals surface area (Å²) in [6, 6.07) is 14.0. The van der Waals surface area contributed by atoms with E-state index in [1.807, 2.05) is 44.2 Å². The Morgan fingerprint density at radius 2 is 1.85 bits per heavy atom. The fourth-order valence-electron chi connectivity index (χ4n) is 3.51. The molecular formula is C22H23NO4. The maximum atomic E-state index is 12.8. The second-order valence-corrected chi connectivity index (χ2v) is 6.58. The van der Waals surface area contributed by atoms with Crippen LogP contribution in [0, 0.1) is 6.92 Å². The molecule has 0 bridgehead atoms. The Kier molecular flexibility index (Phi) is 5.31. The molecule has 1 fully saturated rings. The Morgan fingerprint density at radius 3 is 2.44 bits per heavy atom. The van der Waals surface area contributed by atoms with Crippen molar-refractivity contribution in [2.24, 2.45) is 0 Å².